The van der Waals surface area contributed by atoms with Crippen LogP contribution in [-0.4, -0.2) is 24.2 Å². The predicted octanol–water partition coefficient (Wildman–Crippen LogP) is 3.01. The molecule has 0 amide bonds. The summed E-state index contributed by atoms with van der Waals surface area (Å²) in [4.78, 5) is 13.8. The number of unbranched alkanes of at least 4 members (excludes halogenated alkanes) is 2. The average molecular weight is 340 g/mol. The van der Waals surface area contributed by atoms with Crippen molar-refractivity contribution in [1.29, 1.82) is 0 Å². The minimum atomic E-state index is -3.84. The van der Waals surface area contributed by atoms with Crippen LogP contribution in [0.1, 0.15) is 57.6 Å². The Hall–Kier alpha value is -1.76. The third kappa shape index (κ3) is 4.37. The van der Waals surface area contributed by atoms with E-state index in [1.807, 2.05) is 6.07 Å². The summed E-state index contributed by atoms with van der Waals surface area (Å²) >= 11 is 0. The molecule has 2 rings (SSSR count). The van der Waals surface area contributed by atoms with Gasteiger partial charge in [-0.2, -0.15) is 0 Å². The summed E-state index contributed by atoms with van der Waals surface area (Å²) in [6, 6.07) is 3.67. The molecule has 0 saturated heterocycles. The predicted molar refractivity (Wildman–Crippen MR) is 89.1 cm³/mol. The fourth-order valence-corrected chi connectivity index (χ4v) is 4.32. The van der Waals surface area contributed by atoms with E-state index in [9.17, 15) is 18.3 Å². The zero-order chi connectivity index (χ0) is 16.9. The van der Waals surface area contributed by atoms with Crippen LogP contribution in [0.15, 0.2) is 28.8 Å². The molecule has 1 heterocycles. The van der Waals surface area contributed by atoms with E-state index in [1.54, 1.807) is 12.3 Å². The Kier molecular flexibility index (Phi) is 5.87. The highest BCUT2D eigenvalue weighted by Gasteiger charge is 2.28. The zero-order valence-corrected chi connectivity index (χ0v) is 14.2. The molecular formula is C16H24N2O4S. The second-order valence-electron chi connectivity index (χ2n) is 5.84. The Bertz CT molecular complexity index is 689. The number of aromatic nitrogens is 1. The average Bonchev–Trinajstić information content (AvgIpc) is 2.94. The van der Waals surface area contributed by atoms with E-state index in [-0.39, 0.29) is 16.9 Å². The van der Waals surface area contributed by atoms with Gasteiger partial charge in [0.25, 0.3) is 10.0 Å². The molecule has 1 aliphatic rings. The number of carbonyl (C=O) groups is 1. The molecular weight excluding hydrogens is 316 g/mol. The maximum Gasteiger partial charge on any atom is 0.332 e. The van der Waals surface area contributed by atoms with Gasteiger partial charge in [0.15, 0.2) is 0 Å². The Balaban J connectivity index is 2.21. The highest BCUT2D eigenvalue weighted by Crippen LogP contribution is 2.28. The van der Waals surface area contributed by atoms with Crippen LogP contribution in [-0.2, 0) is 21.2 Å². The molecule has 0 aromatic carbocycles. The third-order valence-corrected chi connectivity index (χ3v) is 5.62. The van der Waals surface area contributed by atoms with E-state index in [2.05, 4.69) is 11.8 Å². The molecule has 7 heteroatoms. The molecule has 1 aromatic heterocycles. The van der Waals surface area contributed by atoms with Crippen molar-refractivity contribution in [2.75, 3.05) is 4.83 Å². The van der Waals surface area contributed by atoms with Crippen molar-refractivity contribution in [3.05, 3.63) is 34.5 Å². The number of carboxylic acid groups (broad SMARTS) is 1. The summed E-state index contributed by atoms with van der Waals surface area (Å²) in [5, 5.41) is 9.24. The van der Waals surface area contributed by atoms with E-state index in [0.29, 0.717) is 19.3 Å². The first-order chi connectivity index (χ1) is 11.0. The monoisotopic (exact) mass is 340 g/mol. The van der Waals surface area contributed by atoms with Gasteiger partial charge in [-0.05, 0) is 50.7 Å². The van der Waals surface area contributed by atoms with Crippen LogP contribution >= 0.6 is 0 Å². The van der Waals surface area contributed by atoms with Gasteiger partial charge in [0.1, 0.15) is 0 Å². The molecule has 0 radical (unpaired) electrons. The first kappa shape index (κ1) is 17.6. The van der Waals surface area contributed by atoms with Crippen molar-refractivity contribution < 1.29 is 18.3 Å². The number of aliphatic carboxylic acids is 1. The molecule has 0 aliphatic heterocycles. The highest BCUT2D eigenvalue weighted by molar-refractivity contribution is 7.96. The fraction of sp³-hybridized carbons (Fsp3) is 0.562. The SMILES string of the molecule is CCCCCc1cccn1NS(=O)(=O)C1=C(C(=O)O)CCCC1. The lowest BCUT2D eigenvalue weighted by Gasteiger charge is -2.20. The van der Waals surface area contributed by atoms with Crippen LogP contribution in [0.25, 0.3) is 0 Å². The molecule has 1 aromatic rings. The number of nitrogens with one attached hydrogen (secondary N) is 1. The summed E-state index contributed by atoms with van der Waals surface area (Å²) in [7, 11) is -3.84. The summed E-state index contributed by atoms with van der Waals surface area (Å²) in [6.07, 6.45) is 7.62. The molecule has 128 valence electrons. The molecule has 0 saturated carbocycles. The van der Waals surface area contributed by atoms with Gasteiger partial charge in [-0.25, -0.2) is 18.0 Å². The molecule has 0 spiro atoms. The lowest BCUT2D eigenvalue weighted by atomic mass is 9.99. The first-order valence-electron chi connectivity index (χ1n) is 8.10. The van der Waals surface area contributed by atoms with E-state index >= 15 is 0 Å². The molecule has 0 fully saturated rings. The van der Waals surface area contributed by atoms with Gasteiger partial charge >= 0.3 is 5.97 Å². The van der Waals surface area contributed by atoms with Crippen LogP contribution < -0.4 is 4.83 Å². The van der Waals surface area contributed by atoms with E-state index in [1.165, 1.54) is 4.68 Å². The van der Waals surface area contributed by atoms with Crippen molar-refractivity contribution in [3.8, 4) is 0 Å². The number of carboxylic acids is 1. The number of aryl methyl sites for hydroxylation is 1. The van der Waals surface area contributed by atoms with Gasteiger partial charge < -0.3 is 5.11 Å². The maximum atomic E-state index is 12.6. The number of hydrogen-bond acceptors (Lipinski definition) is 3. The second-order valence-corrected chi connectivity index (χ2v) is 7.52. The van der Waals surface area contributed by atoms with Gasteiger partial charge in [-0.3, -0.25) is 4.68 Å². The molecule has 2 N–H and O–H groups in total. The number of nitrogens with zero attached hydrogens (tertiary/aromatic N) is 1. The van der Waals surface area contributed by atoms with Crippen molar-refractivity contribution in [3.63, 3.8) is 0 Å². The van der Waals surface area contributed by atoms with Gasteiger partial charge in [-0.1, -0.05) is 19.8 Å². The normalized spacial score (nSPS) is 15.7. The summed E-state index contributed by atoms with van der Waals surface area (Å²) in [5.74, 6) is -1.14. The molecule has 0 unspecified atom stereocenters. The minimum absolute atomic E-state index is 0.0171. The Morgan fingerprint density at radius 2 is 2.04 bits per heavy atom. The van der Waals surface area contributed by atoms with Gasteiger partial charge in [0.05, 0.1) is 10.5 Å². The smallest absolute Gasteiger partial charge is 0.332 e. The second kappa shape index (κ2) is 7.68. The Morgan fingerprint density at radius 3 is 2.74 bits per heavy atom. The van der Waals surface area contributed by atoms with Gasteiger partial charge in [-0.15, -0.1) is 0 Å². The molecule has 6 nitrogen and oxygen atoms in total. The topological polar surface area (TPSA) is 88.4 Å². The number of hydrogen-bond donors (Lipinski definition) is 2. The molecule has 23 heavy (non-hydrogen) atoms. The molecule has 1 aliphatic carbocycles. The number of rotatable bonds is 8. The summed E-state index contributed by atoms with van der Waals surface area (Å²) < 4.78 is 26.7. The Labute approximate surface area is 137 Å². The maximum absolute atomic E-state index is 12.6. The van der Waals surface area contributed by atoms with E-state index in [4.69, 9.17) is 0 Å². The Morgan fingerprint density at radius 1 is 1.30 bits per heavy atom. The number of allylic oxidation sites excluding steroid dienone is 1. The quantitative estimate of drug-likeness (QED) is 0.712. The summed E-state index contributed by atoms with van der Waals surface area (Å²) in [6.45, 7) is 2.12. The lowest BCUT2D eigenvalue weighted by Crippen LogP contribution is -2.28. The van der Waals surface area contributed by atoms with E-state index in [0.717, 1.165) is 31.4 Å². The van der Waals surface area contributed by atoms with Crippen molar-refractivity contribution >= 4 is 16.0 Å². The van der Waals surface area contributed by atoms with Crippen molar-refractivity contribution in [2.45, 2.75) is 58.3 Å². The largest absolute Gasteiger partial charge is 0.478 e. The van der Waals surface area contributed by atoms with Crippen LogP contribution in [0.3, 0.4) is 0 Å². The van der Waals surface area contributed by atoms with Gasteiger partial charge in [0, 0.05) is 11.9 Å². The van der Waals surface area contributed by atoms with E-state index < -0.39 is 16.0 Å². The van der Waals surface area contributed by atoms with Gasteiger partial charge in [0.2, 0.25) is 0 Å². The standard InChI is InChI=1S/C16H24N2O4S/c1-2-3-4-8-13-9-7-12-18(13)17-23(21,22)15-11-6-5-10-14(15)16(19)20/h7,9,12,17H,2-6,8,10-11H2,1H3,(H,19,20). The van der Waals surface area contributed by atoms with Crippen LogP contribution in [0.4, 0.5) is 0 Å². The van der Waals surface area contributed by atoms with Crippen LogP contribution in [0.5, 0.6) is 0 Å². The number of sulfonamides is 1. The fourth-order valence-electron chi connectivity index (χ4n) is 2.85. The van der Waals surface area contributed by atoms with Crippen LogP contribution in [0.2, 0.25) is 0 Å². The van der Waals surface area contributed by atoms with Crippen LogP contribution in [0, 0.1) is 0 Å². The molecule has 0 atom stereocenters. The van der Waals surface area contributed by atoms with Crippen molar-refractivity contribution in [2.24, 2.45) is 0 Å². The third-order valence-electron chi connectivity index (χ3n) is 4.09. The minimum Gasteiger partial charge on any atom is -0.478 e. The molecule has 0 bridgehead atoms. The lowest BCUT2D eigenvalue weighted by molar-refractivity contribution is -0.132. The highest BCUT2D eigenvalue weighted by atomic mass is 32.2. The van der Waals surface area contributed by atoms with Crippen molar-refractivity contribution in [1.82, 2.24) is 4.68 Å². The first-order valence-corrected chi connectivity index (χ1v) is 9.58. The summed E-state index contributed by atoms with van der Waals surface area (Å²) in [5.41, 5.74) is 0.902. The zero-order valence-electron chi connectivity index (χ0n) is 13.4.